The van der Waals surface area contributed by atoms with Crippen LogP contribution in [0.1, 0.15) is 42.9 Å². The van der Waals surface area contributed by atoms with E-state index in [4.69, 9.17) is 5.11 Å². The van der Waals surface area contributed by atoms with Crippen molar-refractivity contribution in [2.45, 2.75) is 45.5 Å². The molecule has 0 aromatic carbocycles. The maximum absolute atomic E-state index is 12.1. The Hall–Kier alpha value is -1.57. The first-order valence-electron chi connectivity index (χ1n) is 6.27. The monoisotopic (exact) mass is 293 g/mol. The predicted molar refractivity (Wildman–Crippen MR) is 66.4 cm³/mol. The van der Waals surface area contributed by atoms with Gasteiger partial charge in [-0.15, -0.1) is 0 Å². The van der Waals surface area contributed by atoms with Crippen molar-refractivity contribution < 1.29 is 23.1 Å². The standard InChI is InChI=1S/C12H18F3N3O2/c1-4-18-9(5-8(17-18)7(2)3)11(20)16-6-10(19)12(13,14)15/h5,7,10,19H,4,6H2,1-3H3,(H,16,20). The summed E-state index contributed by atoms with van der Waals surface area (Å²) in [6.45, 7) is 5.12. The molecule has 1 aromatic heterocycles. The highest BCUT2D eigenvalue weighted by molar-refractivity contribution is 5.92. The van der Waals surface area contributed by atoms with Gasteiger partial charge < -0.3 is 10.4 Å². The molecule has 1 aromatic rings. The highest BCUT2D eigenvalue weighted by Crippen LogP contribution is 2.19. The topological polar surface area (TPSA) is 67.2 Å². The normalized spacial score (nSPS) is 13.6. The Bertz CT molecular complexity index is 469. The van der Waals surface area contributed by atoms with Gasteiger partial charge in [0.1, 0.15) is 5.69 Å². The number of carbonyl (C=O) groups excluding carboxylic acids is 1. The molecule has 0 spiro atoms. The number of hydrogen-bond donors (Lipinski definition) is 2. The van der Waals surface area contributed by atoms with Crippen LogP contribution in [0.15, 0.2) is 6.07 Å². The number of aliphatic hydroxyl groups is 1. The molecule has 0 fully saturated rings. The molecular weight excluding hydrogens is 275 g/mol. The lowest BCUT2D eigenvalue weighted by Crippen LogP contribution is -2.41. The van der Waals surface area contributed by atoms with E-state index in [1.54, 1.807) is 13.0 Å². The summed E-state index contributed by atoms with van der Waals surface area (Å²) in [6, 6.07) is 1.55. The first-order chi connectivity index (χ1) is 9.16. The highest BCUT2D eigenvalue weighted by atomic mass is 19.4. The third kappa shape index (κ3) is 3.96. The van der Waals surface area contributed by atoms with E-state index in [-0.39, 0.29) is 11.6 Å². The van der Waals surface area contributed by atoms with Gasteiger partial charge >= 0.3 is 6.18 Å². The molecule has 0 aliphatic rings. The molecule has 0 aliphatic heterocycles. The average molecular weight is 293 g/mol. The van der Waals surface area contributed by atoms with Crippen molar-refractivity contribution in [3.05, 3.63) is 17.5 Å². The summed E-state index contributed by atoms with van der Waals surface area (Å²) in [5.41, 5.74) is 0.874. The lowest BCUT2D eigenvalue weighted by Gasteiger charge is -2.15. The minimum Gasteiger partial charge on any atom is -0.382 e. The van der Waals surface area contributed by atoms with Crippen LogP contribution < -0.4 is 5.32 Å². The molecule has 1 rings (SSSR count). The maximum Gasteiger partial charge on any atom is 0.416 e. The molecule has 0 bridgehead atoms. The summed E-state index contributed by atoms with van der Waals surface area (Å²) in [5.74, 6) is -0.579. The number of rotatable bonds is 5. The van der Waals surface area contributed by atoms with E-state index in [2.05, 4.69) is 10.4 Å². The van der Waals surface area contributed by atoms with Crippen LogP contribution in [0, 0.1) is 0 Å². The summed E-state index contributed by atoms with van der Waals surface area (Å²) in [5, 5.41) is 15.1. The number of hydrogen-bond acceptors (Lipinski definition) is 3. The Balaban J connectivity index is 2.77. The second-order valence-electron chi connectivity index (χ2n) is 4.69. The molecule has 1 heterocycles. The van der Waals surface area contributed by atoms with Crippen LogP contribution in [-0.2, 0) is 6.54 Å². The van der Waals surface area contributed by atoms with E-state index in [0.29, 0.717) is 12.2 Å². The number of aromatic nitrogens is 2. The van der Waals surface area contributed by atoms with Crippen molar-refractivity contribution in [2.24, 2.45) is 0 Å². The number of halogens is 3. The van der Waals surface area contributed by atoms with Crippen LogP contribution in [0.2, 0.25) is 0 Å². The molecule has 1 atom stereocenters. The van der Waals surface area contributed by atoms with Crippen molar-refractivity contribution in [2.75, 3.05) is 6.54 Å². The number of amides is 1. The minimum absolute atomic E-state index is 0.107. The molecule has 0 radical (unpaired) electrons. The fraction of sp³-hybridized carbons (Fsp3) is 0.667. The number of aliphatic hydroxyl groups excluding tert-OH is 1. The van der Waals surface area contributed by atoms with Gasteiger partial charge in [0.15, 0.2) is 6.10 Å². The van der Waals surface area contributed by atoms with Gasteiger partial charge in [-0.3, -0.25) is 9.48 Å². The van der Waals surface area contributed by atoms with Crippen molar-refractivity contribution in [1.82, 2.24) is 15.1 Å². The van der Waals surface area contributed by atoms with Crippen LogP contribution in [0.4, 0.5) is 13.2 Å². The molecular formula is C12H18F3N3O2. The molecule has 2 N–H and O–H groups in total. The van der Waals surface area contributed by atoms with E-state index in [1.807, 2.05) is 13.8 Å². The zero-order valence-corrected chi connectivity index (χ0v) is 11.5. The summed E-state index contributed by atoms with van der Waals surface area (Å²) in [7, 11) is 0. The van der Waals surface area contributed by atoms with Crippen LogP contribution in [-0.4, -0.2) is 39.6 Å². The molecule has 0 saturated heterocycles. The van der Waals surface area contributed by atoms with Gasteiger partial charge in [-0.25, -0.2) is 0 Å². The number of aryl methyl sites for hydroxylation is 1. The van der Waals surface area contributed by atoms with Crippen molar-refractivity contribution >= 4 is 5.91 Å². The highest BCUT2D eigenvalue weighted by Gasteiger charge is 2.38. The van der Waals surface area contributed by atoms with Crippen molar-refractivity contribution in [3.8, 4) is 0 Å². The molecule has 0 aliphatic carbocycles. The van der Waals surface area contributed by atoms with Gasteiger partial charge in [0, 0.05) is 6.54 Å². The average Bonchev–Trinajstić information content (AvgIpc) is 2.78. The summed E-state index contributed by atoms with van der Waals surface area (Å²) >= 11 is 0. The molecule has 20 heavy (non-hydrogen) atoms. The second-order valence-corrected chi connectivity index (χ2v) is 4.69. The van der Waals surface area contributed by atoms with Crippen LogP contribution >= 0.6 is 0 Å². The van der Waals surface area contributed by atoms with Gasteiger partial charge in [-0.1, -0.05) is 13.8 Å². The number of alkyl halides is 3. The quantitative estimate of drug-likeness (QED) is 0.868. The lowest BCUT2D eigenvalue weighted by atomic mass is 10.1. The number of carbonyl (C=O) groups is 1. The Morgan fingerprint density at radius 2 is 2.10 bits per heavy atom. The first kappa shape index (κ1) is 16.5. The van der Waals surface area contributed by atoms with Gasteiger partial charge in [0.25, 0.3) is 5.91 Å². The summed E-state index contributed by atoms with van der Waals surface area (Å²) < 4.78 is 37.8. The van der Waals surface area contributed by atoms with E-state index < -0.39 is 24.7 Å². The Labute approximate surface area is 114 Å². The minimum atomic E-state index is -4.75. The second kappa shape index (κ2) is 6.25. The third-order valence-electron chi connectivity index (χ3n) is 2.76. The smallest absolute Gasteiger partial charge is 0.382 e. The van der Waals surface area contributed by atoms with Gasteiger partial charge in [0.2, 0.25) is 0 Å². The van der Waals surface area contributed by atoms with Crippen LogP contribution in [0.3, 0.4) is 0 Å². The SMILES string of the molecule is CCn1nc(C(C)C)cc1C(=O)NCC(O)C(F)(F)F. The van der Waals surface area contributed by atoms with Crippen LogP contribution in [0.5, 0.6) is 0 Å². The number of nitrogens with one attached hydrogen (secondary N) is 1. The molecule has 5 nitrogen and oxygen atoms in total. The Kier molecular flexibility index (Phi) is 5.15. The first-order valence-corrected chi connectivity index (χ1v) is 6.27. The van der Waals surface area contributed by atoms with Gasteiger partial charge in [-0.2, -0.15) is 18.3 Å². The summed E-state index contributed by atoms with van der Waals surface area (Å²) in [4.78, 5) is 11.8. The zero-order chi connectivity index (χ0) is 15.5. The predicted octanol–water partition coefficient (Wildman–Crippen LogP) is 1.68. The molecule has 1 unspecified atom stereocenters. The van der Waals surface area contributed by atoms with E-state index in [0.717, 1.165) is 0 Å². The Morgan fingerprint density at radius 1 is 1.50 bits per heavy atom. The molecule has 114 valence electrons. The molecule has 0 saturated carbocycles. The lowest BCUT2D eigenvalue weighted by molar-refractivity contribution is -0.201. The van der Waals surface area contributed by atoms with E-state index >= 15 is 0 Å². The summed E-state index contributed by atoms with van der Waals surface area (Å²) in [6.07, 6.45) is -7.32. The van der Waals surface area contributed by atoms with Crippen molar-refractivity contribution in [3.63, 3.8) is 0 Å². The maximum atomic E-state index is 12.1. The fourth-order valence-corrected chi connectivity index (χ4v) is 1.54. The van der Waals surface area contributed by atoms with Crippen molar-refractivity contribution in [1.29, 1.82) is 0 Å². The van der Waals surface area contributed by atoms with E-state index in [1.165, 1.54) is 4.68 Å². The Morgan fingerprint density at radius 3 is 2.55 bits per heavy atom. The van der Waals surface area contributed by atoms with Gasteiger partial charge in [0.05, 0.1) is 12.2 Å². The third-order valence-corrected chi connectivity index (χ3v) is 2.76. The van der Waals surface area contributed by atoms with Gasteiger partial charge in [-0.05, 0) is 18.9 Å². The largest absolute Gasteiger partial charge is 0.416 e. The van der Waals surface area contributed by atoms with Crippen LogP contribution in [0.25, 0.3) is 0 Å². The molecule has 8 heteroatoms. The van der Waals surface area contributed by atoms with E-state index in [9.17, 15) is 18.0 Å². The zero-order valence-electron chi connectivity index (χ0n) is 11.5. The fourth-order valence-electron chi connectivity index (χ4n) is 1.54. The number of nitrogens with zero attached hydrogens (tertiary/aromatic N) is 2. The molecule has 1 amide bonds.